The van der Waals surface area contributed by atoms with Crippen LogP contribution in [0.2, 0.25) is 0 Å². The van der Waals surface area contributed by atoms with Crippen molar-refractivity contribution in [3.8, 4) is 0 Å². The largest absolute Gasteiger partial charge is 0.336 e. The van der Waals surface area contributed by atoms with Gasteiger partial charge in [0.15, 0.2) is 0 Å². The lowest BCUT2D eigenvalue weighted by Gasteiger charge is -2.32. The van der Waals surface area contributed by atoms with Gasteiger partial charge in [-0.1, -0.05) is 12.1 Å². The number of sulfonamides is 1. The third-order valence-corrected chi connectivity index (χ3v) is 5.07. The molecule has 2 rings (SSSR count). The van der Waals surface area contributed by atoms with E-state index in [0.717, 1.165) is 5.56 Å². The van der Waals surface area contributed by atoms with Crippen LogP contribution in [0.25, 0.3) is 0 Å². The first kappa shape index (κ1) is 16.0. The van der Waals surface area contributed by atoms with Gasteiger partial charge in [0.05, 0.1) is 4.90 Å². The summed E-state index contributed by atoms with van der Waals surface area (Å²) in [4.78, 5) is 14.0. The molecular formula is C15H22N2O3S. The van der Waals surface area contributed by atoms with Gasteiger partial charge in [-0.3, -0.25) is 4.79 Å². The Morgan fingerprint density at radius 2 is 1.95 bits per heavy atom. The number of likely N-dealkylation sites (tertiary alicyclic amines) is 1. The summed E-state index contributed by atoms with van der Waals surface area (Å²) in [5.74, 6) is -0.0144. The van der Waals surface area contributed by atoms with Gasteiger partial charge in [0.2, 0.25) is 15.9 Å². The highest BCUT2D eigenvalue weighted by molar-refractivity contribution is 7.89. The van der Waals surface area contributed by atoms with E-state index in [1.807, 2.05) is 33.8 Å². The zero-order valence-corrected chi connectivity index (χ0v) is 13.7. The number of carbonyl (C=O) groups excluding carboxylic acids is 1. The Morgan fingerprint density at radius 1 is 1.29 bits per heavy atom. The number of nitrogens with one attached hydrogen (secondary N) is 1. The highest BCUT2D eigenvalue weighted by Crippen LogP contribution is 2.23. The zero-order chi connectivity index (χ0) is 15.8. The van der Waals surface area contributed by atoms with Crippen molar-refractivity contribution in [1.82, 2.24) is 9.62 Å². The van der Waals surface area contributed by atoms with E-state index >= 15 is 0 Å². The average molecular weight is 310 g/mol. The molecule has 0 aliphatic carbocycles. The summed E-state index contributed by atoms with van der Waals surface area (Å²) < 4.78 is 27.4. The maximum absolute atomic E-state index is 12.4. The quantitative estimate of drug-likeness (QED) is 0.923. The third-order valence-electron chi connectivity index (χ3n) is 3.56. The van der Waals surface area contributed by atoms with Gasteiger partial charge < -0.3 is 4.90 Å². The monoisotopic (exact) mass is 310 g/mol. The summed E-state index contributed by atoms with van der Waals surface area (Å²) in [5, 5.41) is 0. The first-order valence-corrected chi connectivity index (χ1v) is 8.47. The molecule has 0 radical (unpaired) electrons. The van der Waals surface area contributed by atoms with Crippen molar-refractivity contribution in [3.63, 3.8) is 0 Å². The summed E-state index contributed by atoms with van der Waals surface area (Å²) in [5.41, 5.74) is 0.595. The van der Waals surface area contributed by atoms with Crippen molar-refractivity contribution >= 4 is 15.9 Å². The van der Waals surface area contributed by atoms with Gasteiger partial charge >= 0.3 is 0 Å². The lowest BCUT2D eigenvalue weighted by molar-refractivity contribution is -0.131. The number of hydrogen-bond donors (Lipinski definition) is 1. The number of rotatable bonds is 3. The molecule has 5 nitrogen and oxygen atoms in total. The first-order valence-electron chi connectivity index (χ1n) is 6.99. The maximum atomic E-state index is 12.4. The Bertz CT molecular complexity index is 647. The van der Waals surface area contributed by atoms with Crippen LogP contribution in [0.1, 0.15) is 32.8 Å². The molecule has 21 heavy (non-hydrogen) atoms. The van der Waals surface area contributed by atoms with Crippen molar-refractivity contribution in [2.24, 2.45) is 0 Å². The molecule has 0 aromatic heterocycles. The molecule has 1 aromatic carbocycles. The first-order chi connectivity index (χ1) is 9.59. The Morgan fingerprint density at radius 3 is 2.48 bits per heavy atom. The fraction of sp³-hybridized carbons (Fsp3) is 0.533. The Labute approximate surface area is 126 Å². The van der Waals surface area contributed by atoms with Crippen LogP contribution in [0.3, 0.4) is 0 Å². The van der Waals surface area contributed by atoms with Crippen LogP contribution in [-0.4, -0.2) is 37.4 Å². The second kappa shape index (κ2) is 5.42. The van der Waals surface area contributed by atoms with Gasteiger partial charge in [0.25, 0.3) is 0 Å². The van der Waals surface area contributed by atoms with E-state index in [1.54, 1.807) is 23.1 Å². The fourth-order valence-electron chi connectivity index (χ4n) is 2.50. The molecule has 6 heteroatoms. The molecule has 1 amide bonds. The van der Waals surface area contributed by atoms with E-state index in [0.29, 0.717) is 6.54 Å². The van der Waals surface area contributed by atoms with Gasteiger partial charge in [0.1, 0.15) is 0 Å². The van der Waals surface area contributed by atoms with Crippen molar-refractivity contribution in [2.75, 3.05) is 6.54 Å². The standard InChI is InChI=1S/C15H22N2O3S/c1-11-6-5-7-13(8-11)21(19,20)16-12-9-14(18)17(10-12)15(2,3)4/h5-8,12,16H,9-10H2,1-4H3. The summed E-state index contributed by atoms with van der Waals surface area (Å²) in [6.45, 7) is 8.10. The maximum Gasteiger partial charge on any atom is 0.240 e. The molecule has 1 heterocycles. The van der Waals surface area contributed by atoms with Gasteiger partial charge in [0, 0.05) is 24.5 Å². The van der Waals surface area contributed by atoms with E-state index < -0.39 is 10.0 Å². The smallest absolute Gasteiger partial charge is 0.240 e. The third kappa shape index (κ3) is 3.63. The molecule has 1 atom stereocenters. The molecule has 1 aromatic rings. The van der Waals surface area contributed by atoms with E-state index in [-0.39, 0.29) is 28.8 Å². The second-order valence-electron chi connectivity index (χ2n) is 6.51. The predicted molar refractivity (Wildman–Crippen MR) is 81.4 cm³/mol. The molecule has 1 unspecified atom stereocenters. The number of aryl methyl sites for hydroxylation is 1. The lowest BCUT2D eigenvalue weighted by Crippen LogP contribution is -2.44. The van der Waals surface area contributed by atoms with Crippen LogP contribution < -0.4 is 4.72 Å². The van der Waals surface area contributed by atoms with E-state index in [2.05, 4.69) is 4.72 Å². The summed E-state index contributed by atoms with van der Waals surface area (Å²) in [6, 6.07) is 6.38. The predicted octanol–water partition coefficient (Wildman–Crippen LogP) is 1.67. The van der Waals surface area contributed by atoms with Crippen LogP contribution >= 0.6 is 0 Å². The minimum absolute atomic E-state index is 0.0144. The fourth-order valence-corrected chi connectivity index (χ4v) is 3.84. The summed E-state index contributed by atoms with van der Waals surface area (Å²) in [7, 11) is -3.59. The van der Waals surface area contributed by atoms with Gasteiger partial charge in [-0.05, 0) is 45.4 Å². The molecule has 1 fully saturated rings. The number of amides is 1. The number of nitrogens with zero attached hydrogens (tertiary/aromatic N) is 1. The Kier molecular flexibility index (Phi) is 4.13. The lowest BCUT2D eigenvalue weighted by atomic mass is 10.1. The van der Waals surface area contributed by atoms with Crippen molar-refractivity contribution in [3.05, 3.63) is 29.8 Å². The Hall–Kier alpha value is -1.40. The van der Waals surface area contributed by atoms with Crippen LogP contribution in [0, 0.1) is 6.92 Å². The highest BCUT2D eigenvalue weighted by Gasteiger charge is 2.37. The summed E-state index contributed by atoms with van der Waals surface area (Å²) in [6.07, 6.45) is 0.211. The van der Waals surface area contributed by atoms with E-state index in [9.17, 15) is 13.2 Å². The van der Waals surface area contributed by atoms with Gasteiger partial charge in [-0.2, -0.15) is 0 Å². The van der Waals surface area contributed by atoms with Gasteiger partial charge in [-0.15, -0.1) is 0 Å². The number of carbonyl (C=O) groups is 1. The summed E-state index contributed by atoms with van der Waals surface area (Å²) >= 11 is 0. The van der Waals surface area contributed by atoms with Crippen molar-refractivity contribution in [1.29, 1.82) is 0 Å². The molecule has 1 aliphatic heterocycles. The molecule has 116 valence electrons. The van der Waals surface area contributed by atoms with Gasteiger partial charge in [-0.25, -0.2) is 13.1 Å². The average Bonchev–Trinajstić information content (AvgIpc) is 2.69. The van der Waals surface area contributed by atoms with Crippen LogP contribution in [0.15, 0.2) is 29.2 Å². The molecule has 0 saturated carbocycles. The molecule has 0 spiro atoms. The number of benzene rings is 1. The molecule has 0 bridgehead atoms. The topological polar surface area (TPSA) is 66.5 Å². The molecular weight excluding hydrogens is 288 g/mol. The normalized spacial score (nSPS) is 20.1. The minimum atomic E-state index is -3.59. The minimum Gasteiger partial charge on any atom is -0.336 e. The van der Waals surface area contributed by atoms with Crippen LogP contribution in [-0.2, 0) is 14.8 Å². The van der Waals surface area contributed by atoms with Crippen molar-refractivity contribution < 1.29 is 13.2 Å². The van der Waals surface area contributed by atoms with Crippen LogP contribution in [0.4, 0.5) is 0 Å². The highest BCUT2D eigenvalue weighted by atomic mass is 32.2. The van der Waals surface area contributed by atoms with Crippen LogP contribution in [0.5, 0.6) is 0 Å². The molecule has 1 aliphatic rings. The SMILES string of the molecule is Cc1cccc(S(=O)(=O)NC2CC(=O)N(C(C)(C)C)C2)c1. The number of hydrogen-bond acceptors (Lipinski definition) is 3. The second-order valence-corrected chi connectivity index (χ2v) is 8.23. The van der Waals surface area contributed by atoms with E-state index in [1.165, 1.54) is 0 Å². The zero-order valence-electron chi connectivity index (χ0n) is 12.9. The molecule has 1 saturated heterocycles. The van der Waals surface area contributed by atoms with E-state index in [4.69, 9.17) is 0 Å². The molecule has 1 N–H and O–H groups in total. The Balaban J connectivity index is 2.14. The van der Waals surface area contributed by atoms with Crippen molar-refractivity contribution in [2.45, 2.75) is 50.6 Å².